The van der Waals surface area contributed by atoms with Crippen LogP contribution in [0.4, 0.5) is 0 Å². The molecule has 1 aromatic carbocycles. The number of para-hydroxylation sites is 1. The molecule has 1 aliphatic heterocycles. The summed E-state index contributed by atoms with van der Waals surface area (Å²) < 4.78 is 6.93. The van der Waals surface area contributed by atoms with Crippen molar-refractivity contribution in [3.8, 4) is 5.75 Å². The molecule has 1 atom stereocenters. The quantitative estimate of drug-likeness (QED) is 0.489. The monoisotopic (exact) mass is 388 g/mol. The number of nitrogens with one attached hydrogen (secondary N) is 1. The van der Waals surface area contributed by atoms with Crippen molar-refractivity contribution in [3.63, 3.8) is 0 Å². The largest absolute Gasteiger partial charge is 0.547 e. The minimum absolute atomic E-state index is 0.0265. The van der Waals surface area contributed by atoms with Crippen LogP contribution in [0.25, 0.3) is 0 Å². The number of fused-ring (bicyclic) bond motifs is 1. The van der Waals surface area contributed by atoms with Crippen molar-refractivity contribution in [3.05, 3.63) is 35.2 Å². The van der Waals surface area contributed by atoms with E-state index in [-0.39, 0.29) is 30.1 Å². The van der Waals surface area contributed by atoms with E-state index in [1.54, 1.807) is 16.8 Å². The number of tetrazole rings is 1. The summed E-state index contributed by atoms with van der Waals surface area (Å²) in [5.41, 5.74) is 0.577. The summed E-state index contributed by atoms with van der Waals surface area (Å²) in [6.07, 6.45) is 0.195. The zero-order valence-electron chi connectivity index (χ0n) is 15.6. The molecule has 1 unspecified atom stereocenters. The molecular weight excluding hydrogens is 367 g/mol. The van der Waals surface area contributed by atoms with Gasteiger partial charge in [-0.3, -0.25) is 4.79 Å². The molecule has 3 rings (SSSR count). The van der Waals surface area contributed by atoms with E-state index < -0.39 is 19.0 Å². The zero-order valence-corrected chi connectivity index (χ0v) is 15.6. The Hall–Kier alpha value is -2.99. The summed E-state index contributed by atoms with van der Waals surface area (Å²) >= 11 is 0. The van der Waals surface area contributed by atoms with Crippen LogP contribution in [0.1, 0.15) is 21.7 Å². The van der Waals surface area contributed by atoms with E-state index in [0.717, 1.165) is 6.54 Å². The molecule has 0 saturated carbocycles. The highest BCUT2D eigenvalue weighted by atomic mass is 16.5. The lowest BCUT2D eigenvalue weighted by Gasteiger charge is -2.28. The Labute approximate surface area is 161 Å². The summed E-state index contributed by atoms with van der Waals surface area (Å²) in [4.78, 5) is 25.7. The summed E-state index contributed by atoms with van der Waals surface area (Å²) in [5, 5.41) is 33.5. The van der Waals surface area contributed by atoms with Crippen LogP contribution < -0.4 is 9.97 Å². The average molecular weight is 388 g/mol. The molecule has 0 radical (unpaired) electrons. The van der Waals surface area contributed by atoms with Gasteiger partial charge in [0.2, 0.25) is 5.91 Å². The van der Waals surface area contributed by atoms with Crippen LogP contribution >= 0.6 is 0 Å². The van der Waals surface area contributed by atoms with E-state index in [9.17, 15) is 19.7 Å². The average Bonchev–Trinajstić information content (AvgIpc) is 3.06. The highest BCUT2D eigenvalue weighted by molar-refractivity contribution is 6.47. The first-order chi connectivity index (χ1) is 13.3. The lowest BCUT2D eigenvalue weighted by atomic mass is 9.72. The van der Waals surface area contributed by atoms with E-state index in [4.69, 9.17) is 4.65 Å². The number of nitrogens with zero attached hydrogens (tertiary/aromatic N) is 5. The maximum absolute atomic E-state index is 12.4. The number of aromatic nitrogens is 4. The number of carbonyl (C=O) groups excluding carboxylic acids is 1. The Morgan fingerprint density at radius 1 is 1.43 bits per heavy atom. The van der Waals surface area contributed by atoms with Crippen molar-refractivity contribution in [2.45, 2.75) is 25.3 Å². The van der Waals surface area contributed by atoms with Crippen molar-refractivity contribution < 1.29 is 24.4 Å². The molecule has 11 nitrogen and oxygen atoms in total. The molecule has 0 aliphatic carbocycles. The molecule has 148 valence electrons. The van der Waals surface area contributed by atoms with Gasteiger partial charge in [-0.1, -0.05) is 12.1 Å². The first-order valence-electron chi connectivity index (χ1n) is 8.74. The van der Waals surface area contributed by atoms with Crippen molar-refractivity contribution in [1.29, 1.82) is 0 Å². The van der Waals surface area contributed by atoms with Gasteiger partial charge in [0.15, 0.2) is 5.82 Å². The Morgan fingerprint density at radius 3 is 2.93 bits per heavy atom. The predicted molar refractivity (Wildman–Crippen MR) is 97.7 cm³/mol. The number of aromatic carboxylic acids is 1. The minimum Gasteiger partial charge on any atom is -0.534 e. The molecular formula is C16H21BN6O5. The molecule has 2 aromatic rings. The lowest BCUT2D eigenvalue weighted by molar-refractivity contribution is -0.121. The van der Waals surface area contributed by atoms with Crippen LogP contribution in [0.3, 0.4) is 0 Å². The van der Waals surface area contributed by atoms with Crippen LogP contribution in [-0.2, 0) is 24.2 Å². The third-order valence-corrected chi connectivity index (χ3v) is 4.38. The van der Waals surface area contributed by atoms with Crippen LogP contribution in [-0.4, -0.2) is 80.8 Å². The molecule has 1 amide bonds. The molecule has 0 fully saturated rings. The second-order valence-electron chi connectivity index (χ2n) is 6.78. The number of rotatable bonds is 7. The van der Waals surface area contributed by atoms with Gasteiger partial charge >= 0.3 is 13.1 Å². The van der Waals surface area contributed by atoms with Crippen molar-refractivity contribution >= 4 is 19.0 Å². The highest BCUT2D eigenvalue weighted by Gasteiger charge is 2.37. The smallest absolute Gasteiger partial charge is 0.534 e. The molecule has 0 spiro atoms. The molecule has 28 heavy (non-hydrogen) atoms. The topological polar surface area (TPSA) is 143 Å². The molecule has 12 heteroatoms. The maximum Gasteiger partial charge on any atom is 0.547 e. The van der Waals surface area contributed by atoms with Gasteiger partial charge in [-0.05, 0) is 42.6 Å². The second-order valence-corrected chi connectivity index (χ2v) is 6.78. The highest BCUT2D eigenvalue weighted by Crippen LogP contribution is 2.30. The Kier molecular flexibility index (Phi) is 5.90. The maximum atomic E-state index is 12.4. The standard InChI is InChI=1S/C16H21BN6O5/c1-22(2)6-7-23-13(19-20-21-23)9-14(24)18-12-8-10-4-3-5-11(16(25)26)15(10)28-17(12)27/h3-5,12,27H,6-9H2,1-2H3,(H,18,24)(H,25,26). The number of amides is 1. The first kappa shape index (κ1) is 19.8. The molecule has 2 heterocycles. The molecule has 3 N–H and O–H groups in total. The summed E-state index contributed by atoms with van der Waals surface area (Å²) in [7, 11) is 2.49. The Balaban J connectivity index is 1.65. The van der Waals surface area contributed by atoms with Gasteiger partial charge in [-0.15, -0.1) is 5.10 Å². The van der Waals surface area contributed by atoms with E-state index in [0.29, 0.717) is 17.9 Å². The van der Waals surface area contributed by atoms with Crippen LogP contribution in [0.15, 0.2) is 18.2 Å². The number of hydrogen-bond acceptors (Lipinski definition) is 8. The fourth-order valence-electron chi connectivity index (χ4n) is 2.94. The lowest BCUT2D eigenvalue weighted by Crippen LogP contribution is -2.53. The Morgan fingerprint density at radius 2 is 2.21 bits per heavy atom. The Bertz CT molecular complexity index is 873. The van der Waals surface area contributed by atoms with E-state index in [2.05, 4.69) is 20.8 Å². The summed E-state index contributed by atoms with van der Waals surface area (Å²) in [6, 6.07) is 4.70. The number of likely N-dealkylation sites (N-methyl/N-ethyl adjacent to an activating group) is 1. The first-order valence-corrected chi connectivity index (χ1v) is 8.74. The van der Waals surface area contributed by atoms with Gasteiger partial charge < -0.3 is 25.0 Å². The number of benzene rings is 1. The van der Waals surface area contributed by atoms with Crippen LogP contribution in [0.5, 0.6) is 5.75 Å². The molecule has 1 aromatic heterocycles. The fraction of sp³-hybridized carbons (Fsp3) is 0.438. The van der Waals surface area contributed by atoms with Crippen LogP contribution in [0.2, 0.25) is 0 Å². The number of carboxylic acid groups (broad SMARTS) is 1. The second kappa shape index (κ2) is 8.36. The van der Waals surface area contributed by atoms with E-state index >= 15 is 0 Å². The van der Waals surface area contributed by atoms with Gasteiger partial charge in [0, 0.05) is 6.54 Å². The van der Waals surface area contributed by atoms with E-state index in [1.165, 1.54) is 6.07 Å². The zero-order chi connectivity index (χ0) is 20.3. The van der Waals surface area contributed by atoms with E-state index in [1.807, 2.05) is 19.0 Å². The minimum atomic E-state index is -1.36. The summed E-state index contributed by atoms with van der Waals surface area (Å²) in [6.45, 7) is 1.26. The SMILES string of the molecule is CN(C)CCn1nnnc1CC(=O)NC1Cc2cccc(C(=O)O)c2OB1O. The van der Waals surface area contributed by atoms with Crippen molar-refractivity contribution in [2.24, 2.45) is 0 Å². The third-order valence-electron chi connectivity index (χ3n) is 4.38. The molecule has 1 aliphatic rings. The fourth-order valence-corrected chi connectivity index (χ4v) is 2.94. The number of carboxylic acids is 1. The van der Waals surface area contributed by atoms with Gasteiger partial charge in [-0.25, -0.2) is 9.48 Å². The summed E-state index contributed by atoms with van der Waals surface area (Å²) in [5.74, 6) is -1.68. The molecule has 0 saturated heterocycles. The third kappa shape index (κ3) is 4.46. The van der Waals surface area contributed by atoms with Crippen molar-refractivity contribution in [2.75, 3.05) is 20.6 Å². The number of carbonyl (C=O) groups is 2. The normalized spacial score (nSPS) is 15.9. The van der Waals surface area contributed by atoms with Crippen LogP contribution in [0, 0.1) is 0 Å². The predicted octanol–water partition coefficient (Wildman–Crippen LogP) is -1.38. The number of hydrogen-bond donors (Lipinski definition) is 3. The van der Waals surface area contributed by atoms with Crippen molar-refractivity contribution in [1.82, 2.24) is 30.4 Å². The van der Waals surface area contributed by atoms with Gasteiger partial charge in [0.05, 0.1) is 24.5 Å². The van der Waals surface area contributed by atoms with Gasteiger partial charge in [-0.2, -0.15) is 0 Å². The molecule has 0 bridgehead atoms. The van der Waals surface area contributed by atoms with Gasteiger partial charge in [0.25, 0.3) is 0 Å². The van der Waals surface area contributed by atoms with Gasteiger partial charge in [0.1, 0.15) is 5.75 Å².